The summed E-state index contributed by atoms with van der Waals surface area (Å²) in [7, 11) is 0. The number of benzene rings is 3. The lowest BCUT2D eigenvalue weighted by Crippen LogP contribution is -2.50. The van der Waals surface area contributed by atoms with Crippen molar-refractivity contribution in [1.82, 2.24) is 0 Å². The van der Waals surface area contributed by atoms with Gasteiger partial charge in [0, 0.05) is 23.7 Å². The fraction of sp³-hybridized carbons (Fsp3) is 0.296. The molecule has 0 saturated heterocycles. The van der Waals surface area contributed by atoms with E-state index < -0.39 is 22.7 Å². The smallest absolute Gasteiger partial charge is 0.242 e. The molecular weight excluding hydrogens is 424 g/mol. The minimum Gasteiger partial charge on any atom is -0.494 e. The van der Waals surface area contributed by atoms with E-state index in [9.17, 15) is 13.6 Å². The average Bonchev–Trinajstić information content (AvgIpc) is 2.99. The summed E-state index contributed by atoms with van der Waals surface area (Å²) < 4.78 is 39.3. The number of anilines is 1. The largest absolute Gasteiger partial charge is 0.494 e. The average molecular weight is 449 g/mol. The molecule has 2 aliphatic heterocycles. The molecular formula is C27H25F2NO3. The molecule has 0 aliphatic carbocycles. The lowest BCUT2D eigenvalue weighted by Gasteiger charge is -2.43. The van der Waals surface area contributed by atoms with Gasteiger partial charge in [-0.05, 0) is 56.2 Å². The number of fused-ring (bicyclic) bond motifs is 4. The summed E-state index contributed by atoms with van der Waals surface area (Å²) in [5, 5.41) is 0. The van der Waals surface area contributed by atoms with Crippen LogP contribution in [0.2, 0.25) is 0 Å². The lowest BCUT2D eigenvalue weighted by atomic mass is 9.67. The van der Waals surface area contributed by atoms with Crippen LogP contribution in [0.25, 0.3) is 0 Å². The van der Waals surface area contributed by atoms with Crippen LogP contribution in [0.15, 0.2) is 60.7 Å². The molecule has 1 amide bonds. The van der Waals surface area contributed by atoms with Crippen molar-refractivity contribution >= 4 is 11.6 Å². The van der Waals surface area contributed by atoms with Crippen molar-refractivity contribution in [1.29, 1.82) is 0 Å². The van der Waals surface area contributed by atoms with Crippen LogP contribution in [0.4, 0.5) is 14.5 Å². The molecule has 170 valence electrons. The van der Waals surface area contributed by atoms with E-state index in [0.717, 1.165) is 28.9 Å². The summed E-state index contributed by atoms with van der Waals surface area (Å²) in [5.41, 5.74) is 1.40. The van der Waals surface area contributed by atoms with Gasteiger partial charge in [-0.2, -0.15) is 0 Å². The molecule has 0 N–H and O–H groups in total. The first kappa shape index (κ1) is 21.4. The van der Waals surface area contributed by atoms with E-state index in [-0.39, 0.29) is 12.5 Å². The van der Waals surface area contributed by atoms with E-state index in [1.807, 2.05) is 63.2 Å². The number of ether oxygens (including phenoxy) is 2. The Kier molecular flexibility index (Phi) is 4.92. The molecule has 33 heavy (non-hydrogen) atoms. The second kappa shape index (κ2) is 7.58. The predicted octanol–water partition coefficient (Wildman–Crippen LogP) is 5.76. The first-order chi connectivity index (χ1) is 15.7. The molecule has 0 saturated carbocycles. The van der Waals surface area contributed by atoms with E-state index in [2.05, 4.69) is 0 Å². The van der Waals surface area contributed by atoms with Crippen molar-refractivity contribution in [3.8, 4) is 11.5 Å². The quantitative estimate of drug-likeness (QED) is 0.509. The predicted molar refractivity (Wildman–Crippen MR) is 122 cm³/mol. The molecule has 1 spiro atoms. The number of para-hydroxylation sites is 1. The van der Waals surface area contributed by atoms with Crippen LogP contribution in [0.5, 0.6) is 11.5 Å². The van der Waals surface area contributed by atoms with Gasteiger partial charge in [0.25, 0.3) is 0 Å². The third kappa shape index (κ3) is 3.36. The maximum Gasteiger partial charge on any atom is 0.242 e. The number of carbonyl (C=O) groups is 1. The Hall–Kier alpha value is -3.41. The van der Waals surface area contributed by atoms with Crippen LogP contribution in [-0.2, 0) is 16.8 Å². The number of rotatable bonds is 4. The summed E-state index contributed by atoms with van der Waals surface area (Å²) in [6.07, 6.45) is 0.450. The van der Waals surface area contributed by atoms with E-state index in [4.69, 9.17) is 9.47 Å². The lowest BCUT2D eigenvalue weighted by molar-refractivity contribution is -0.124. The molecule has 4 nitrogen and oxygen atoms in total. The van der Waals surface area contributed by atoms with E-state index in [1.54, 1.807) is 4.90 Å². The van der Waals surface area contributed by atoms with Crippen molar-refractivity contribution in [3.05, 3.63) is 89.0 Å². The SMILES string of the molecule is CCOc1ccc2c(c1)OC(C)(C)CC21C(=O)N(Cc2ccc(F)c(F)c2)c2ccccc21. The Morgan fingerprint density at radius 1 is 1.00 bits per heavy atom. The van der Waals surface area contributed by atoms with Crippen molar-refractivity contribution in [2.75, 3.05) is 11.5 Å². The van der Waals surface area contributed by atoms with Gasteiger partial charge in [-0.3, -0.25) is 4.79 Å². The third-order valence-electron chi connectivity index (χ3n) is 6.39. The van der Waals surface area contributed by atoms with Gasteiger partial charge in [0.2, 0.25) is 5.91 Å². The molecule has 5 rings (SSSR count). The molecule has 0 radical (unpaired) electrons. The van der Waals surface area contributed by atoms with E-state index in [1.165, 1.54) is 6.07 Å². The first-order valence-electron chi connectivity index (χ1n) is 11.1. The summed E-state index contributed by atoms with van der Waals surface area (Å²) in [4.78, 5) is 15.9. The van der Waals surface area contributed by atoms with Crippen LogP contribution in [0.1, 0.15) is 43.9 Å². The number of hydrogen-bond acceptors (Lipinski definition) is 3. The number of amides is 1. The molecule has 0 aromatic heterocycles. The molecule has 1 unspecified atom stereocenters. The Bertz CT molecular complexity index is 1260. The van der Waals surface area contributed by atoms with Gasteiger partial charge in [-0.15, -0.1) is 0 Å². The van der Waals surface area contributed by atoms with Crippen LogP contribution >= 0.6 is 0 Å². The molecule has 2 aliphatic rings. The maximum absolute atomic E-state index is 14.2. The number of nitrogens with zero attached hydrogens (tertiary/aromatic N) is 1. The summed E-state index contributed by atoms with van der Waals surface area (Å²) in [5.74, 6) is -0.636. The van der Waals surface area contributed by atoms with Gasteiger partial charge in [0.05, 0.1) is 13.2 Å². The highest BCUT2D eigenvalue weighted by Crippen LogP contribution is 2.56. The van der Waals surface area contributed by atoms with Gasteiger partial charge in [0.1, 0.15) is 22.5 Å². The van der Waals surface area contributed by atoms with Crippen LogP contribution in [0, 0.1) is 11.6 Å². The molecule has 3 aromatic carbocycles. The monoisotopic (exact) mass is 449 g/mol. The fourth-order valence-corrected chi connectivity index (χ4v) is 5.20. The highest BCUT2D eigenvalue weighted by atomic mass is 19.2. The van der Waals surface area contributed by atoms with E-state index in [0.29, 0.717) is 30.1 Å². The molecule has 2 heterocycles. The maximum atomic E-state index is 14.2. The standard InChI is InChI=1S/C27H25F2NO3/c1-4-32-18-10-11-20-24(14-18)33-26(2,3)16-27(20)19-7-5-6-8-23(19)30(25(27)31)15-17-9-12-21(28)22(29)13-17/h5-14H,4,15-16H2,1-3H3. The fourth-order valence-electron chi connectivity index (χ4n) is 5.20. The Morgan fingerprint density at radius 3 is 2.55 bits per heavy atom. The second-order valence-corrected chi connectivity index (χ2v) is 9.19. The molecule has 0 bridgehead atoms. The minimum atomic E-state index is -0.947. The van der Waals surface area contributed by atoms with Crippen LogP contribution in [0.3, 0.4) is 0 Å². The van der Waals surface area contributed by atoms with Crippen LogP contribution < -0.4 is 14.4 Å². The number of carbonyl (C=O) groups excluding carboxylic acids is 1. The molecule has 6 heteroatoms. The summed E-state index contributed by atoms with van der Waals surface area (Å²) in [6, 6.07) is 17.0. The van der Waals surface area contributed by atoms with Gasteiger partial charge in [-0.1, -0.05) is 30.3 Å². The van der Waals surface area contributed by atoms with Gasteiger partial charge < -0.3 is 14.4 Å². The highest BCUT2D eigenvalue weighted by Gasteiger charge is 2.58. The normalized spacial score (nSPS) is 20.4. The van der Waals surface area contributed by atoms with Crippen molar-refractivity contribution in [3.63, 3.8) is 0 Å². The molecule has 1 atom stereocenters. The summed E-state index contributed by atoms with van der Waals surface area (Å²) in [6.45, 7) is 6.52. The van der Waals surface area contributed by atoms with Gasteiger partial charge in [-0.25, -0.2) is 8.78 Å². The Balaban J connectivity index is 1.67. The Morgan fingerprint density at radius 2 is 1.79 bits per heavy atom. The zero-order chi connectivity index (χ0) is 23.4. The number of hydrogen-bond donors (Lipinski definition) is 0. The van der Waals surface area contributed by atoms with Crippen molar-refractivity contribution in [2.24, 2.45) is 0 Å². The van der Waals surface area contributed by atoms with Gasteiger partial charge >= 0.3 is 0 Å². The molecule has 3 aromatic rings. The Labute approximate surface area is 191 Å². The van der Waals surface area contributed by atoms with Crippen molar-refractivity contribution < 1.29 is 23.0 Å². The van der Waals surface area contributed by atoms with Gasteiger partial charge in [0.15, 0.2) is 11.6 Å². The zero-order valence-corrected chi connectivity index (χ0v) is 18.8. The summed E-state index contributed by atoms with van der Waals surface area (Å²) >= 11 is 0. The first-order valence-corrected chi connectivity index (χ1v) is 11.1. The topological polar surface area (TPSA) is 38.8 Å². The van der Waals surface area contributed by atoms with Crippen molar-refractivity contribution in [2.45, 2.75) is 44.8 Å². The van der Waals surface area contributed by atoms with E-state index >= 15 is 0 Å². The highest BCUT2D eigenvalue weighted by molar-refractivity contribution is 6.11. The minimum absolute atomic E-state index is 0.102. The second-order valence-electron chi connectivity index (χ2n) is 9.19. The zero-order valence-electron chi connectivity index (χ0n) is 18.8. The third-order valence-corrected chi connectivity index (χ3v) is 6.39. The number of halogens is 2. The molecule has 0 fully saturated rings. The van der Waals surface area contributed by atoms with Crippen LogP contribution in [-0.4, -0.2) is 18.1 Å².